The number of aromatic nitrogens is 4. The van der Waals surface area contributed by atoms with Gasteiger partial charge in [-0.25, -0.2) is 4.98 Å². The number of hydrogen-bond donors (Lipinski definition) is 0. The second kappa shape index (κ2) is 8.01. The van der Waals surface area contributed by atoms with Crippen molar-refractivity contribution in [3.05, 3.63) is 134 Å². The zero-order valence-corrected chi connectivity index (χ0v) is 21.5. The molecule has 9 rings (SSSR count). The largest absolute Gasteiger partial charge is 0.307 e. The summed E-state index contributed by atoms with van der Waals surface area (Å²) in [5.74, 6) is 0.812. The van der Waals surface area contributed by atoms with Crippen LogP contribution < -0.4 is 0 Å². The first-order valence-electron chi connectivity index (χ1n) is 13.5. The molecule has 3 heterocycles. The SMILES string of the molecule is c1ccc2c(-n3c4ccccc4c4ccc5c6ccccc6n(-c6cnc7ccccc7n6)c5c43)cccc2c1. The first kappa shape index (κ1) is 21.5. The molecule has 0 N–H and O–H groups in total. The van der Waals surface area contributed by atoms with E-state index in [4.69, 9.17) is 9.97 Å². The number of hydrogen-bond acceptors (Lipinski definition) is 2. The van der Waals surface area contributed by atoms with Crippen molar-refractivity contribution in [3.8, 4) is 11.5 Å². The Labute approximate surface area is 229 Å². The number of fused-ring (bicyclic) bond motifs is 9. The van der Waals surface area contributed by atoms with Crippen LogP contribution >= 0.6 is 0 Å². The van der Waals surface area contributed by atoms with Crippen molar-refractivity contribution in [1.29, 1.82) is 0 Å². The molecule has 0 fully saturated rings. The van der Waals surface area contributed by atoms with Crippen molar-refractivity contribution in [1.82, 2.24) is 19.1 Å². The molecule has 0 bridgehead atoms. The van der Waals surface area contributed by atoms with Crippen LogP contribution in [0.3, 0.4) is 0 Å². The first-order chi connectivity index (χ1) is 19.9. The number of benzene rings is 6. The summed E-state index contributed by atoms with van der Waals surface area (Å²) in [6.45, 7) is 0. The van der Waals surface area contributed by atoms with Crippen molar-refractivity contribution in [2.24, 2.45) is 0 Å². The fourth-order valence-electron chi connectivity index (χ4n) is 6.45. The van der Waals surface area contributed by atoms with Gasteiger partial charge in [0.25, 0.3) is 0 Å². The minimum atomic E-state index is 0.812. The first-order valence-corrected chi connectivity index (χ1v) is 13.5. The second-order valence-corrected chi connectivity index (χ2v) is 10.3. The highest BCUT2D eigenvalue weighted by molar-refractivity contribution is 6.24. The lowest BCUT2D eigenvalue weighted by molar-refractivity contribution is 1.07. The lowest BCUT2D eigenvalue weighted by Gasteiger charge is -2.14. The molecular weight excluding hydrogens is 488 g/mol. The standard InChI is InChI=1S/C36H22N4/c1-2-12-24-23(10-1)11-9-19-31(24)39-32-17-7-3-13-25(32)27-20-21-28-26-14-4-8-18-33(26)40(36(28)35(27)39)34-22-37-29-15-5-6-16-30(29)38-34/h1-22H. The van der Waals surface area contributed by atoms with E-state index in [9.17, 15) is 0 Å². The molecule has 4 heteroatoms. The predicted octanol–water partition coefficient (Wildman–Crippen LogP) is 8.98. The Hall–Kier alpha value is -5.48. The van der Waals surface area contributed by atoms with E-state index in [1.807, 2.05) is 30.5 Å². The molecule has 6 aromatic carbocycles. The molecule has 0 spiro atoms. The maximum absolute atomic E-state index is 5.12. The van der Waals surface area contributed by atoms with E-state index in [2.05, 4.69) is 112 Å². The fraction of sp³-hybridized carbons (Fsp3) is 0. The summed E-state index contributed by atoms with van der Waals surface area (Å²) in [5.41, 5.74) is 7.54. The third kappa shape index (κ3) is 2.85. The molecular formula is C36H22N4. The van der Waals surface area contributed by atoms with Gasteiger partial charge in [0.2, 0.25) is 0 Å². The Morgan fingerprint density at radius 2 is 1.00 bits per heavy atom. The summed E-state index contributed by atoms with van der Waals surface area (Å²) in [4.78, 5) is 9.93. The van der Waals surface area contributed by atoms with Crippen LogP contribution in [0.5, 0.6) is 0 Å². The highest BCUT2D eigenvalue weighted by atomic mass is 15.1. The highest BCUT2D eigenvalue weighted by Crippen LogP contribution is 2.42. The van der Waals surface area contributed by atoms with Gasteiger partial charge in [0.1, 0.15) is 0 Å². The Kier molecular flexibility index (Phi) is 4.30. The zero-order valence-electron chi connectivity index (χ0n) is 21.5. The van der Waals surface area contributed by atoms with Gasteiger partial charge in [-0.3, -0.25) is 9.55 Å². The lowest BCUT2D eigenvalue weighted by Crippen LogP contribution is -2.01. The van der Waals surface area contributed by atoms with E-state index in [1.54, 1.807) is 0 Å². The Morgan fingerprint density at radius 3 is 1.77 bits per heavy atom. The average molecular weight is 511 g/mol. The van der Waals surface area contributed by atoms with Crippen molar-refractivity contribution in [2.75, 3.05) is 0 Å². The summed E-state index contributed by atoms with van der Waals surface area (Å²) in [6, 6.07) is 45.1. The molecule has 186 valence electrons. The minimum absolute atomic E-state index is 0.812. The van der Waals surface area contributed by atoms with E-state index < -0.39 is 0 Å². The van der Waals surface area contributed by atoms with Crippen molar-refractivity contribution in [2.45, 2.75) is 0 Å². The maximum Gasteiger partial charge on any atom is 0.156 e. The Morgan fingerprint density at radius 1 is 0.425 bits per heavy atom. The molecule has 3 aromatic heterocycles. The monoisotopic (exact) mass is 510 g/mol. The molecule has 0 radical (unpaired) electrons. The average Bonchev–Trinajstić information content (AvgIpc) is 3.54. The lowest BCUT2D eigenvalue weighted by atomic mass is 10.1. The number of nitrogens with zero attached hydrogens (tertiary/aromatic N) is 4. The van der Waals surface area contributed by atoms with Gasteiger partial charge < -0.3 is 4.57 Å². The number of rotatable bonds is 2. The molecule has 0 atom stereocenters. The van der Waals surface area contributed by atoms with Gasteiger partial charge in [-0.1, -0.05) is 97.1 Å². The van der Waals surface area contributed by atoms with Gasteiger partial charge >= 0.3 is 0 Å². The van der Waals surface area contributed by atoms with Crippen LogP contribution in [0.15, 0.2) is 134 Å². The third-order valence-electron chi connectivity index (χ3n) is 8.14. The van der Waals surface area contributed by atoms with E-state index >= 15 is 0 Å². The third-order valence-corrected chi connectivity index (χ3v) is 8.14. The summed E-state index contributed by atoms with van der Waals surface area (Å²) < 4.78 is 4.74. The molecule has 0 amide bonds. The maximum atomic E-state index is 5.12. The molecule has 0 aliphatic carbocycles. The normalized spacial score (nSPS) is 12.0. The van der Waals surface area contributed by atoms with Gasteiger partial charge in [-0.2, -0.15) is 0 Å². The van der Waals surface area contributed by atoms with Gasteiger partial charge in [-0.05, 0) is 35.7 Å². The van der Waals surface area contributed by atoms with Crippen LogP contribution in [-0.2, 0) is 0 Å². The molecule has 9 aromatic rings. The van der Waals surface area contributed by atoms with Gasteiger partial charge in [0.15, 0.2) is 5.82 Å². The predicted molar refractivity (Wildman–Crippen MR) is 166 cm³/mol. The van der Waals surface area contributed by atoms with Crippen molar-refractivity contribution in [3.63, 3.8) is 0 Å². The van der Waals surface area contributed by atoms with Gasteiger partial charge in [0.05, 0.1) is 45.0 Å². The molecule has 0 unspecified atom stereocenters. The Bertz CT molecular complexity index is 2440. The van der Waals surface area contributed by atoms with E-state index in [0.717, 1.165) is 27.9 Å². The highest BCUT2D eigenvalue weighted by Gasteiger charge is 2.22. The topological polar surface area (TPSA) is 35.6 Å². The molecule has 4 nitrogen and oxygen atoms in total. The van der Waals surface area contributed by atoms with Gasteiger partial charge in [0, 0.05) is 26.9 Å². The van der Waals surface area contributed by atoms with Crippen LogP contribution in [0.2, 0.25) is 0 Å². The van der Waals surface area contributed by atoms with E-state index in [1.165, 1.54) is 49.0 Å². The van der Waals surface area contributed by atoms with Crippen LogP contribution in [0, 0.1) is 0 Å². The van der Waals surface area contributed by atoms with E-state index in [-0.39, 0.29) is 0 Å². The molecule has 0 aliphatic heterocycles. The second-order valence-electron chi connectivity index (χ2n) is 10.3. The fourth-order valence-corrected chi connectivity index (χ4v) is 6.45. The van der Waals surface area contributed by atoms with Crippen LogP contribution in [-0.4, -0.2) is 19.1 Å². The summed E-state index contributed by atoms with van der Waals surface area (Å²) in [5, 5.41) is 7.28. The minimum Gasteiger partial charge on any atom is -0.307 e. The summed E-state index contributed by atoms with van der Waals surface area (Å²) in [7, 11) is 0. The quantitative estimate of drug-likeness (QED) is 0.233. The van der Waals surface area contributed by atoms with Crippen LogP contribution in [0.4, 0.5) is 0 Å². The van der Waals surface area contributed by atoms with Crippen LogP contribution in [0.25, 0.3) is 76.9 Å². The molecule has 40 heavy (non-hydrogen) atoms. The zero-order chi connectivity index (χ0) is 26.2. The van der Waals surface area contributed by atoms with Crippen LogP contribution in [0.1, 0.15) is 0 Å². The molecule has 0 saturated carbocycles. The molecule has 0 aliphatic rings. The Balaban J connectivity index is 1.54. The summed E-state index contributed by atoms with van der Waals surface area (Å²) >= 11 is 0. The smallest absolute Gasteiger partial charge is 0.156 e. The number of para-hydroxylation sites is 4. The van der Waals surface area contributed by atoms with Crippen molar-refractivity contribution >= 4 is 65.4 Å². The molecule has 0 saturated heterocycles. The summed E-state index contributed by atoms with van der Waals surface area (Å²) in [6.07, 6.45) is 1.90. The van der Waals surface area contributed by atoms with Gasteiger partial charge in [-0.15, -0.1) is 0 Å². The van der Waals surface area contributed by atoms with E-state index in [0.29, 0.717) is 0 Å². The van der Waals surface area contributed by atoms with Crippen molar-refractivity contribution < 1.29 is 0 Å².